The van der Waals surface area contributed by atoms with Gasteiger partial charge in [0.1, 0.15) is 16.4 Å². The van der Waals surface area contributed by atoms with Gasteiger partial charge in [0.05, 0.1) is 23.4 Å². The molecule has 1 heterocycles. The van der Waals surface area contributed by atoms with E-state index in [1.54, 1.807) is 31.3 Å². The Labute approximate surface area is 178 Å². The van der Waals surface area contributed by atoms with Crippen LogP contribution in [0.5, 0.6) is 17.2 Å². The zero-order valence-corrected chi connectivity index (χ0v) is 17.6. The second-order valence-electron chi connectivity index (χ2n) is 6.55. The molecule has 4 rings (SSSR count). The van der Waals surface area contributed by atoms with Gasteiger partial charge in [0.25, 0.3) is 15.9 Å². The highest BCUT2D eigenvalue weighted by Crippen LogP contribution is 2.39. The van der Waals surface area contributed by atoms with Crippen LogP contribution < -0.4 is 19.1 Å². The van der Waals surface area contributed by atoms with Gasteiger partial charge < -0.3 is 14.4 Å². The molecule has 0 fully saturated rings. The number of carbonyl (C=O) groups is 1. The predicted molar refractivity (Wildman–Crippen MR) is 115 cm³/mol. The van der Waals surface area contributed by atoms with Crippen LogP contribution in [0.4, 0.5) is 11.4 Å². The van der Waals surface area contributed by atoms with Crippen LogP contribution in [-0.2, 0) is 10.0 Å². The van der Waals surface area contributed by atoms with Crippen molar-refractivity contribution >= 4 is 38.9 Å². The van der Waals surface area contributed by atoms with Crippen LogP contribution in [-0.4, -0.2) is 28.5 Å². The Morgan fingerprint density at radius 3 is 2.53 bits per heavy atom. The van der Waals surface area contributed by atoms with Gasteiger partial charge in [-0.25, -0.2) is 8.42 Å². The van der Waals surface area contributed by atoms with Crippen molar-refractivity contribution in [3.8, 4) is 17.2 Å². The molecule has 154 valence electrons. The Hall–Kier alpha value is -3.23. The maximum atomic E-state index is 12.9. The first-order valence-electron chi connectivity index (χ1n) is 8.85. The molecular formula is C21H17ClN2O5S. The van der Waals surface area contributed by atoms with E-state index < -0.39 is 10.0 Å². The van der Waals surface area contributed by atoms with Gasteiger partial charge in [-0.1, -0.05) is 23.7 Å². The van der Waals surface area contributed by atoms with Crippen LogP contribution in [0.3, 0.4) is 0 Å². The highest BCUT2D eigenvalue weighted by Gasteiger charge is 2.27. The number of benzene rings is 3. The van der Waals surface area contributed by atoms with E-state index in [2.05, 4.69) is 4.72 Å². The van der Waals surface area contributed by atoms with Gasteiger partial charge in [0.15, 0.2) is 5.75 Å². The van der Waals surface area contributed by atoms with Gasteiger partial charge in [0, 0.05) is 18.8 Å². The van der Waals surface area contributed by atoms with Crippen LogP contribution >= 0.6 is 11.6 Å². The molecule has 3 aromatic carbocycles. The molecule has 0 saturated heterocycles. The minimum Gasteiger partial charge on any atom is -0.497 e. The number of para-hydroxylation sites is 2. The Balaban J connectivity index is 1.69. The third kappa shape index (κ3) is 3.55. The molecule has 0 atom stereocenters. The molecule has 0 aliphatic carbocycles. The number of fused-ring (bicyclic) bond motifs is 2. The van der Waals surface area contributed by atoms with E-state index in [4.69, 9.17) is 21.1 Å². The number of nitrogens with zero attached hydrogens (tertiary/aromatic N) is 1. The van der Waals surface area contributed by atoms with Crippen molar-refractivity contribution in [1.82, 2.24) is 0 Å². The van der Waals surface area contributed by atoms with Crippen LogP contribution in [0.1, 0.15) is 10.4 Å². The van der Waals surface area contributed by atoms with Crippen molar-refractivity contribution < 1.29 is 22.7 Å². The number of halogens is 1. The smallest absolute Gasteiger partial charge is 0.263 e. The Bertz CT molecular complexity index is 1260. The molecule has 1 aliphatic rings. The number of nitrogens with one attached hydrogen (secondary N) is 1. The number of methoxy groups -OCH3 is 1. The number of rotatable bonds is 4. The number of amides is 1. The normalized spacial score (nSPS) is 13.0. The molecule has 1 amide bonds. The van der Waals surface area contributed by atoms with Crippen molar-refractivity contribution in [2.24, 2.45) is 0 Å². The summed E-state index contributed by atoms with van der Waals surface area (Å²) in [4.78, 5) is 14.3. The second-order valence-corrected chi connectivity index (χ2v) is 8.60. The molecule has 0 radical (unpaired) electrons. The SMILES string of the molecule is COc1ccc(S(=O)(=O)Nc2ccc3c(c2)C(=O)N(C)c2ccccc2O3)c(Cl)c1. The third-order valence-electron chi connectivity index (χ3n) is 4.64. The number of sulfonamides is 1. The quantitative estimate of drug-likeness (QED) is 0.639. The van der Waals surface area contributed by atoms with Crippen molar-refractivity contribution in [3.63, 3.8) is 0 Å². The largest absolute Gasteiger partial charge is 0.497 e. The van der Waals surface area contributed by atoms with Crippen molar-refractivity contribution in [1.29, 1.82) is 0 Å². The lowest BCUT2D eigenvalue weighted by molar-refractivity contribution is 0.0993. The van der Waals surface area contributed by atoms with Crippen molar-refractivity contribution in [2.75, 3.05) is 23.8 Å². The molecule has 0 bridgehead atoms. The average molecular weight is 445 g/mol. The summed E-state index contributed by atoms with van der Waals surface area (Å²) in [5.41, 5.74) is 1.05. The first-order valence-corrected chi connectivity index (χ1v) is 10.7. The molecule has 0 spiro atoms. The first kappa shape index (κ1) is 20.1. The van der Waals surface area contributed by atoms with Gasteiger partial charge in [-0.2, -0.15) is 0 Å². The highest BCUT2D eigenvalue weighted by atomic mass is 35.5. The Morgan fingerprint density at radius 2 is 1.80 bits per heavy atom. The van der Waals surface area contributed by atoms with E-state index in [0.717, 1.165) is 0 Å². The fourth-order valence-electron chi connectivity index (χ4n) is 3.12. The lowest BCUT2D eigenvalue weighted by Gasteiger charge is -2.16. The van der Waals surface area contributed by atoms with Gasteiger partial charge in [-0.15, -0.1) is 0 Å². The highest BCUT2D eigenvalue weighted by molar-refractivity contribution is 7.92. The topological polar surface area (TPSA) is 84.9 Å². The van der Waals surface area contributed by atoms with Gasteiger partial charge in [-0.05, 0) is 42.5 Å². The van der Waals surface area contributed by atoms with Gasteiger partial charge in [-0.3, -0.25) is 9.52 Å². The van der Waals surface area contributed by atoms with Crippen LogP contribution in [0.25, 0.3) is 0 Å². The summed E-state index contributed by atoms with van der Waals surface area (Å²) in [6.07, 6.45) is 0. The molecule has 0 saturated carbocycles. The fourth-order valence-corrected chi connectivity index (χ4v) is 4.70. The molecule has 1 N–H and O–H groups in total. The van der Waals surface area contributed by atoms with Crippen LogP contribution in [0.2, 0.25) is 5.02 Å². The summed E-state index contributed by atoms with van der Waals surface area (Å²) in [6, 6.07) is 15.9. The summed E-state index contributed by atoms with van der Waals surface area (Å²) in [5, 5.41) is 0.0196. The van der Waals surface area contributed by atoms with Gasteiger partial charge in [0.2, 0.25) is 0 Å². The Kier molecular flexibility index (Phi) is 5.05. The maximum Gasteiger partial charge on any atom is 0.263 e. The second kappa shape index (κ2) is 7.55. The molecule has 1 aliphatic heterocycles. The number of ether oxygens (including phenoxy) is 2. The summed E-state index contributed by atoms with van der Waals surface area (Å²) in [5.74, 6) is 0.987. The number of carbonyl (C=O) groups excluding carboxylic acids is 1. The van der Waals surface area contributed by atoms with Crippen LogP contribution in [0, 0.1) is 0 Å². The zero-order valence-electron chi connectivity index (χ0n) is 16.0. The summed E-state index contributed by atoms with van der Waals surface area (Å²) in [6.45, 7) is 0. The first-order chi connectivity index (χ1) is 14.3. The molecular weight excluding hydrogens is 428 g/mol. The lowest BCUT2D eigenvalue weighted by Crippen LogP contribution is -2.25. The van der Waals surface area contributed by atoms with Crippen molar-refractivity contribution in [3.05, 3.63) is 71.2 Å². The minimum atomic E-state index is -3.99. The van der Waals surface area contributed by atoms with Gasteiger partial charge >= 0.3 is 0 Å². The standard InChI is InChI=1S/C21H17ClN2O5S/c1-24-17-5-3-4-6-19(17)29-18-9-7-13(11-15(18)21(24)25)23-30(26,27)20-10-8-14(28-2)12-16(20)22/h3-12,23H,1-2H3. The van der Waals surface area contributed by atoms with E-state index >= 15 is 0 Å². The lowest BCUT2D eigenvalue weighted by atomic mass is 10.1. The van der Waals surface area contributed by atoms with E-state index in [1.807, 2.05) is 6.07 Å². The number of hydrogen-bond acceptors (Lipinski definition) is 5. The summed E-state index contributed by atoms with van der Waals surface area (Å²) >= 11 is 6.11. The third-order valence-corrected chi connectivity index (χ3v) is 6.51. The zero-order chi connectivity index (χ0) is 21.5. The number of anilines is 2. The van der Waals surface area contributed by atoms with E-state index in [1.165, 1.54) is 42.3 Å². The molecule has 30 heavy (non-hydrogen) atoms. The molecule has 9 heteroatoms. The average Bonchev–Trinajstić information content (AvgIpc) is 2.83. The Morgan fingerprint density at radius 1 is 1.03 bits per heavy atom. The fraction of sp³-hybridized carbons (Fsp3) is 0.0952. The monoisotopic (exact) mass is 444 g/mol. The van der Waals surface area contributed by atoms with E-state index in [9.17, 15) is 13.2 Å². The minimum absolute atomic E-state index is 0.0196. The molecule has 0 unspecified atom stereocenters. The number of hydrogen-bond donors (Lipinski definition) is 1. The van der Waals surface area contributed by atoms with Crippen molar-refractivity contribution in [2.45, 2.75) is 4.90 Å². The van der Waals surface area contributed by atoms with E-state index in [-0.39, 0.29) is 27.1 Å². The maximum absolute atomic E-state index is 12.9. The summed E-state index contributed by atoms with van der Waals surface area (Å²) < 4.78 is 39.0. The summed E-state index contributed by atoms with van der Waals surface area (Å²) in [7, 11) is -0.899. The van der Waals surface area contributed by atoms with Crippen LogP contribution in [0.15, 0.2) is 65.6 Å². The molecule has 0 aromatic heterocycles. The molecule has 3 aromatic rings. The predicted octanol–water partition coefficient (Wildman–Crippen LogP) is 4.53. The molecule has 7 nitrogen and oxygen atoms in total. The van der Waals surface area contributed by atoms with E-state index in [0.29, 0.717) is 22.9 Å².